The highest BCUT2D eigenvalue weighted by atomic mass is 16.3. The molecule has 1 aliphatic rings. The van der Waals surface area contributed by atoms with Gasteiger partial charge >= 0.3 is 0 Å². The van der Waals surface area contributed by atoms with Crippen LogP contribution in [0.5, 0.6) is 0 Å². The van der Waals surface area contributed by atoms with Crippen molar-refractivity contribution < 1.29 is 9.90 Å². The van der Waals surface area contributed by atoms with Crippen molar-refractivity contribution in [1.29, 1.82) is 0 Å². The highest BCUT2D eigenvalue weighted by Gasteiger charge is 2.25. The van der Waals surface area contributed by atoms with Crippen LogP contribution in [-0.4, -0.2) is 38.6 Å². The maximum atomic E-state index is 11.6. The predicted octanol–water partition coefficient (Wildman–Crippen LogP) is -0.162. The van der Waals surface area contributed by atoms with Crippen LogP contribution in [0.1, 0.15) is 36.2 Å². The quantitative estimate of drug-likeness (QED) is 0.632. The summed E-state index contributed by atoms with van der Waals surface area (Å²) in [6, 6.07) is -0.150. The molecule has 1 aromatic heterocycles. The molecule has 2 atom stereocenters. The maximum absolute atomic E-state index is 11.6. The van der Waals surface area contributed by atoms with Gasteiger partial charge in [-0.15, -0.1) is 0 Å². The largest absolute Gasteiger partial charge is 0.391 e. The first kappa shape index (κ1) is 10.1. The lowest BCUT2D eigenvalue weighted by atomic mass is 9.92. The Morgan fingerprint density at radius 1 is 1.53 bits per heavy atom. The number of carbonyl (C=O) groups is 1. The van der Waals surface area contributed by atoms with E-state index in [1.54, 1.807) is 0 Å². The number of aliphatic hydroxyl groups is 1. The van der Waals surface area contributed by atoms with Crippen molar-refractivity contribution >= 4 is 5.91 Å². The molecule has 1 aromatic rings. The van der Waals surface area contributed by atoms with Gasteiger partial charge in [-0.1, -0.05) is 12.8 Å². The highest BCUT2D eigenvalue weighted by molar-refractivity contribution is 5.92. The lowest BCUT2D eigenvalue weighted by Crippen LogP contribution is -2.45. The van der Waals surface area contributed by atoms with Gasteiger partial charge in [-0.05, 0) is 12.8 Å². The van der Waals surface area contributed by atoms with E-state index in [0.717, 1.165) is 25.7 Å². The molecular weight excluding hydrogens is 196 g/mol. The standard InChI is InChI=1S/C9H14N4O2/c14-8-4-2-1-3-6(8)11-9(15)7-5-10-13-12-7/h5-6,8,14H,1-4H2,(H,11,15)(H,10,12,13)/t6-,8-/m1/s1. The summed E-state index contributed by atoms with van der Waals surface area (Å²) in [6.07, 6.45) is 4.58. The van der Waals surface area contributed by atoms with Crippen LogP contribution in [0.15, 0.2) is 6.20 Å². The van der Waals surface area contributed by atoms with Crippen molar-refractivity contribution in [2.75, 3.05) is 0 Å². The Bertz CT molecular complexity index is 325. The normalized spacial score (nSPS) is 26.2. The summed E-state index contributed by atoms with van der Waals surface area (Å²) < 4.78 is 0. The molecule has 1 heterocycles. The molecule has 0 aromatic carbocycles. The van der Waals surface area contributed by atoms with Gasteiger partial charge in [-0.2, -0.15) is 15.4 Å². The van der Waals surface area contributed by atoms with Crippen molar-refractivity contribution in [3.8, 4) is 0 Å². The summed E-state index contributed by atoms with van der Waals surface area (Å²) in [6.45, 7) is 0. The van der Waals surface area contributed by atoms with Gasteiger partial charge in [0.15, 0.2) is 5.69 Å². The molecule has 6 heteroatoms. The lowest BCUT2D eigenvalue weighted by Gasteiger charge is -2.27. The van der Waals surface area contributed by atoms with Crippen molar-refractivity contribution in [1.82, 2.24) is 20.7 Å². The number of nitrogens with one attached hydrogen (secondary N) is 2. The van der Waals surface area contributed by atoms with Gasteiger partial charge in [0.1, 0.15) is 0 Å². The van der Waals surface area contributed by atoms with E-state index in [-0.39, 0.29) is 17.6 Å². The van der Waals surface area contributed by atoms with Crippen molar-refractivity contribution in [2.24, 2.45) is 0 Å². The summed E-state index contributed by atoms with van der Waals surface area (Å²) in [5, 5.41) is 22.0. The molecule has 0 saturated heterocycles. The molecule has 0 spiro atoms. The number of aromatic nitrogens is 3. The first-order valence-corrected chi connectivity index (χ1v) is 5.12. The highest BCUT2D eigenvalue weighted by Crippen LogP contribution is 2.18. The average molecular weight is 210 g/mol. The number of carbonyl (C=O) groups excluding carboxylic acids is 1. The lowest BCUT2D eigenvalue weighted by molar-refractivity contribution is 0.0713. The van der Waals surface area contributed by atoms with Crippen molar-refractivity contribution in [2.45, 2.75) is 37.8 Å². The second kappa shape index (κ2) is 4.39. The summed E-state index contributed by atoms with van der Waals surface area (Å²) >= 11 is 0. The van der Waals surface area contributed by atoms with E-state index in [1.165, 1.54) is 6.20 Å². The summed E-state index contributed by atoms with van der Waals surface area (Å²) in [7, 11) is 0. The van der Waals surface area contributed by atoms with Gasteiger partial charge in [0.2, 0.25) is 0 Å². The number of hydrogen-bond donors (Lipinski definition) is 3. The predicted molar refractivity (Wildman–Crippen MR) is 52.1 cm³/mol. The molecule has 6 nitrogen and oxygen atoms in total. The Hall–Kier alpha value is -1.43. The smallest absolute Gasteiger partial charge is 0.273 e. The van der Waals surface area contributed by atoms with Gasteiger partial charge < -0.3 is 10.4 Å². The van der Waals surface area contributed by atoms with Crippen LogP contribution in [0.4, 0.5) is 0 Å². The zero-order valence-corrected chi connectivity index (χ0v) is 8.31. The zero-order chi connectivity index (χ0) is 10.7. The molecule has 0 radical (unpaired) electrons. The summed E-state index contributed by atoms with van der Waals surface area (Å²) in [5.74, 6) is -0.283. The van der Waals surface area contributed by atoms with Crippen LogP contribution in [-0.2, 0) is 0 Å². The zero-order valence-electron chi connectivity index (χ0n) is 8.31. The fourth-order valence-electron chi connectivity index (χ4n) is 1.83. The number of amides is 1. The molecule has 1 fully saturated rings. The topological polar surface area (TPSA) is 90.9 Å². The number of aromatic amines is 1. The van der Waals surface area contributed by atoms with Crippen LogP contribution >= 0.6 is 0 Å². The second-order valence-electron chi connectivity index (χ2n) is 3.79. The number of H-pyrrole nitrogens is 1. The SMILES string of the molecule is O=C(N[C@@H]1CCCC[C@H]1O)c1cn[nH]n1. The Balaban J connectivity index is 1.93. The van der Waals surface area contributed by atoms with Gasteiger partial charge in [0.25, 0.3) is 5.91 Å². The summed E-state index contributed by atoms with van der Waals surface area (Å²) in [4.78, 5) is 11.6. The number of rotatable bonds is 2. The minimum atomic E-state index is -0.436. The fourth-order valence-corrected chi connectivity index (χ4v) is 1.83. The Labute approximate surface area is 87.1 Å². The van der Waals surface area contributed by atoms with Gasteiger partial charge in [0, 0.05) is 0 Å². The Morgan fingerprint density at radius 2 is 2.33 bits per heavy atom. The molecule has 0 unspecified atom stereocenters. The van der Waals surface area contributed by atoms with E-state index < -0.39 is 6.10 Å². The van der Waals surface area contributed by atoms with E-state index in [1.807, 2.05) is 0 Å². The van der Waals surface area contributed by atoms with Crippen molar-refractivity contribution in [3.63, 3.8) is 0 Å². The van der Waals surface area contributed by atoms with E-state index in [0.29, 0.717) is 0 Å². The minimum absolute atomic E-state index is 0.150. The number of aliphatic hydroxyl groups excluding tert-OH is 1. The van der Waals surface area contributed by atoms with Crippen LogP contribution in [0.2, 0.25) is 0 Å². The van der Waals surface area contributed by atoms with Crippen LogP contribution in [0.25, 0.3) is 0 Å². The van der Waals surface area contributed by atoms with Crippen LogP contribution in [0, 0.1) is 0 Å². The average Bonchev–Trinajstić information content (AvgIpc) is 2.74. The monoisotopic (exact) mass is 210 g/mol. The molecule has 3 N–H and O–H groups in total. The fraction of sp³-hybridized carbons (Fsp3) is 0.667. The first-order chi connectivity index (χ1) is 7.27. The van der Waals surface area contributed by atoms with Crippen molar-refractivity contribution in [3.05, 3.63) is 11.9 Å². The molecule has 82 valence electrons. The van der Waals surface area contributed by atoms with E-state index >= 15 is 0 Å². The van der Waals surface area contributed by atoms with E-state index in [2.05, 4.69) is 20.7 Å². The Kier molecular flexibility index (Phi) is 2.96. The molecule has 1 amide bonds. The molecule has 2 rings (SSSR count). The van der Waals surface area contributed by atoms with Gasteiger partial charge in [-0.25, -0.2) is 0 Å². The maximum Gasteiger partial charge on any atom is 0.273 e. The van der Waals surface area contributed by atoms with E-state index in [4.69, 9.17) is 0 Å². The van der Waals surface area contributed by atoms with Gasteiger partial charge in [-0.3, -0.25) is 4.79 Å². The minimum Gasteiger partial charge on any atom is -0.391 e. The molecule has 0 aliphatic heterocycles. The van der Waals surface area contributed by atoms with Crippen LogP contribution in [0.3, 0.4) is 0 Å². The molecule has 0 bridgehead atoms. The molecule has 1 saturated carbocycles. The van der Waals surface area contributed by atoms with E-state index in [9.17, 15) is 9.90 Å². The number of nitrogens with zero attached hydrogens (tertiary/aromatic N) is 2. The third-order valence-corrected chi connectivity index (χ3v) is 2.69. The van der Waals surface area contributed by atoms with Crippen LogP contribution < -0.4 is 5.32 Å². The molecular formula is C9H14N4O2. The second-order valence-corrected chi connectivity index (χ2v) is 3.79. The Morgan fingerprint density at radius 3 is 3.00 bits per heavy atom. The molecule has 15 heavy (non-hydrogen) atoms. The third-order valence-electron chi connectivity index (χ3n) is 2.69. The third kappa shape index (κ3) is 2.33. The number of hydrogen-bond acceptors (Lipinski definition) is 4. The summed E-state index contributed by atoms with van der Waals surface area (Å²) in [5.41, 5.74) is 0.257. The molecule has 1 aliphatic carbocycles. The van der Waals surface area contributed by atoms with Gasteiger partial charge in [0.05, 0.1) is 18.3 Å². The first-order valence-electron chi connectivity index (χ1n) is 5.12.